The van der Waals surface area contributed by atoms with E-state index in [4.69, 9.17) is 5.11 Å². The molecule has 0 amide bonds. The largest absolute Gasteiger partial charge is 0.478 e. The highest BCUT2D eigenvalue weighted by molar-refractivity contribution is 5.87. The van der Waals surface area contributed by atoms with Crippen molar-refractivity contribution in [2.75, 3.05) is 13.1 Å². The number of nitrogens with zero attached hydrogens (tertiary/aromatic N) is 1. The van der Waals surface area contributed by atoms with Crippen LogP contribution in [0.3, 0.4) is 0 Å². The molecular formula is C16H23NO2. The molecule has 1 fully saturated rings. The summed E-state index contributed by atoms with van der Waals surface area (Å²) in [6.45, 7) is 5.55. The number of benzene rings is 1. The molecule has 3 nitrogen and oxygen atoms in total. The second kappa shape index (κ2) is 6.71. The van der Waals surface area contributed by atoms with Gasteiger partial charge in [0.1, 0.15) is 0 Å². The van der Waals surface area contributed by atoms with Gasteiger partial charge in [0.15, 0.2) is 0 Å². The zero-order valence-electron chi connectivity index (χ0n) is 11.6. The van der Waals surface area contributed by atoms with E-state index in [9.17, 15) is 4.79 Å². The Morgan fingerprint density at radius 2 is 2.00 bits per heavy atom. The van der Waals surface area contributed by atoms with Crippen LogP contribution in [-0.4, -0.2) is 29.1 Å². The summed E-state index contributed by atoms with van der Waals surface area (Å²) in [5.74, 6) is 0.0338. The van der Waals surface area contributed by atoms with Gasteiger partial charge < -0.3 is 5.11 Å². The second-order valence-electron chi connectivity index (χ2n) is 5.48. The van der Waals surface area contributed by atoms with Gasteiger partial charge in [0.05, 0.1) is 5.56 Å². The lowest BCUT2D eigenvalue weighted by molar-refractivity contribution is 0.0697. The van der Waals surface area contributed by atoms with E-state index in [1.165, 1.54) is 37.8 Å². The standard InChI is InChI=1S/C16H23NO2/c1-2-13-4-3-10-17(11-9-13)12-14-5-7-15(8-6-14)16(18)19/h5-8,13H,2-4,9-12H2,1H3,(H,18,19). The lowest BCUT2D eigenvalue weighted by atomic mass is 9.98. The van der Waals surface area contributed by atoms with Crippen molar-refractivity contribution in [2.24, 2.45) is 5.92 Å². The van der Waals surface area contributed by atoms with Crippen LogP contribution in [0.2, 0.25) is 0 Å². The summed E-state index contributed by atoms with van der Waals surface area (Å²) in [7, 11) is 0. The molecule has 1 saturated heterocycles. The minimum Gasteiger partial charge on any atom is -0.478 e. The molecule has 0 bridgehead atoms. The van der Waals surface area contributed by atoms with E-state index in [0.29, 0.717) is 5.56 Å². The highest BCUT2D eigenvalue weighted by atomic mass is 16.4. The first-order valence-electron chi connectivity index (χ1n) is 7.23. The van der Waals surface area contributed by atoms with Crippen molar-refractivity contribution >= 4 is 5.97 Å². The fraction of sp³-hybridized carbons (Fsp3) is 0.562. The number of hydrogen-bond donors (Lipinski definition) is 1. The van der Waals surface area contributed by atoms with Crippen LogP contribution in [0.4, 0.5) is 0 Å². The number of aromatic carboxylic acids is 1. The number of likely N-dealkylation sites (tertiary alicyclic amines) is 1. The third-order valence-electron chi connectivity index (χ3n) is 4.12. The predicted molar refractivity (Wildman–Crippen MR) is 76.3 cm³/mol. The van der Waals surface area contributed by atoms with Crippen LogP contribution in [0.1, 0.15) is 48.5 Å². The van der Waals surface area contributed by atoms with Gasteiger partial charge in [0.2, 0.25) is 0 Å². The summed E-state index contributed by atoms with van der Waals surface area (Å²) < 4.78 is 0. The van der Waals surface area contributed by atoms with E-state index < -0.39 is 5.97 Å². The third kappa shape index (κ3) is 4.06. The lowest BCUT2D eigenvalue weighted by Crippen LogP contribution is -2.24. The molecule has 2 rings (SSSR count). The van der Waals surface area contributed by atoms with Gasteiger partial charge in [-0.05, 0) is 56.0 Å². The molecule has 3 heteroatoms. The quantitative estimate of drug-likeness (QED) is 0.903. The first-order valence-corrected chi connectivity index (χ1v) is 7.23. The molecule has 1 aliphatic rings. The van der Waals surface area contributed by atoms with Gasteiger partial charge in [-0.15, -0.1) is 0 Å². The summed E-state index contributed by atoms with van der Waals surface area (Å²) in [6, 6.07) is 7.27. The van der Waals surface area contributed by atoms with Crippen LogP contribution in [-0.2, 0) is 6.54 Å². The van der Waals surface area contributed by atoms with E-state index >= 15 is 0 Å². The van der Waals surface area contributed by atoms with Gasteiger partial charge in [0.25, 0.3) is 0 Å². The minimum absolute atomic E-state index is 0.366. The Bertz CT molecular complexity index is 413. The second-order valence-corrected chi connectivity index (χ2v) is 5.48. The van der Waals surface area contributed by atoms with Crippen LogP contribution < -0.4 is 0 Å². The smallest absolute Gasteiger partial charge is 0.335 e. The Balaban J connectivity index is 1.91. The Labute approximate surface area is 115 Å². The molecule has 1 aromatic rings. The first-order chi connectivity index (χ1) is 9.19. The summed E-state index contributed by atoms with van der Waals surface area (Å²) in [4.78, 5) is 13.3. The molecule has 19 heavy (non-hydrogen) atoms. The molecule has 1 N–H and O–H groups in total. The van der Waals surface area contributed by atoms with E-state index in [2.05, 4.69) is 11.8 Å². The Hall–Kier alpha value is -1.35. The SMILES string of the molecule is CCC1CCCN(Cc2ccc(C(=O)O)cc2)CC1. The number of carboxylic acids is 1. The van der Waals surface area contributed by atoms with Gasteiger partial charge in [-0.2, -0.15) is 0 Å². The van der Waals surface area contributed by atoms with Crippen LogP contribution in [0.25, 0.3) is 0 Å². The average molecular weight is 261 g/mol. The molecule has 0 radical (unpaired) electrons. The molecule has 1 aliphatic heterocycles. The highest BCUT2D eigenvalue weighted by Gasteiger charge is 2.15. The molecular weight excluding hydrogens is 238 g/mol. The van der Waals surface area contributed by atoms with Gasteiger partial charge in [0, 0.05) is 6.54 Å². The van der Waals surface area contributed by atoms with Crippen LogP contribution in [0, 0.1) is 5.92 Å². The monoisotopic (exact) mass is 261 g/mol. The summed E-state index contributed by atoms with van der Waals surface area (Å²) in [5, 5.41) is 8.88. The van der Waals surface area contributed by atoms with Crippen LogP contribution in [0.5, 0.6) is 0 Å². The van der Waals surface area contributed by atoms with Gasteiger partial charge in [-0.1, -0.05) is 25.5 Å². The summed E-state index contributed by atoms with van der Waals surface area (Å²) in [5.41, 5.74) is 1.57. The number of rotatable bonds is 4. The van der Waals surface area contributed by atoms with Gasteiger partial charge in [-0.25, -0.2) is 4.79 Å². The minimum atomic E-state index is -0.855. The molecule has 1 atom stereocenters. The maximum absolute atomic E-state index is 10.8. The number of carbonyl (C=O) groups is 1. The normalized spacial score (nSPS) is 21.0. The fourth-order valence-electron chi connectivity index (χ4n) is 2.80. The number of hydrogen-bond acceptors (Lipinski definition) is 2. The van der Waals surface area contributed by atoms with Crippen LogP contribution >= 0.6 is 0 Å². The van der Waals surface area contributed by atoms with E-state index in [1.807, 2.05) is 12.1 Å². The predicted octanol–water partition coefficient (Wildman–Crippen LogP) is 3.40. The first kappa shape index (κ1) is 14.1. The Kier molecular flexibility index (Phi) is 4.97. The van der Waals surface area contributed by atoms with E-state index in [0.717, 1.165) is 19.0 Å². The lowest BCUT2D eigenvalue weighted by Gasteiger charge is -2.20. The molecule has 0 spiro atoms. The molecule has 104 valence electrons. The summed E-state index contributed by atoms with van der Waals surface area (Å²) >= 11 is 0. The van der Waals surface area contributed by atoms with Crippen LogP contribution in [0.15, 0.2) is 24.3 Å². The van der Waals surface area contributed by atoms with E-state index in [-0.39, 0.29) is 0 Å². The number of carboxylic acid groups (broad SMARTS) is 1. The molecule has 0 aromatic heterocycles. The van der Waals surface area contributed by atoms with Crippen molar-refractivity contribution in [2.45, 2.75) is 39.2 Å². The molecule has 1 aromatic carbocycles. The zero-order valence-corrected chi connectivity index (χ0v) is 11.6. The summed E-state index contributed by atoms with van der Waals surface area (Å²) in [6.07, 6.45) is 5.22. The third-order valence-corrected chi connectivity index (χ3v) is 4.12. The van der Waals surface area contributed by atoms with Gasteiger partial charge in [-0.3, -0.25) is 4.90 Å². The maximum atomic E-state index is 10.8. The van der Waals surface area contributed by atoms with Crippen molar-refractivity contribution in [1.29, 1.82) is 0 Å². The van der Waals surface area contributed by atoms with Crippen molar-refractivity contribution in [3.8, 4) is 0 Å². The van der Waals surface area contributed by atoms with Crippen molar-refractivity contribution in [3.05, 3.63) is 35.4 Å². The van der Waals surface area contributed by atoms with Crippen molar-refractivity contribution < 1.29 is 9.90 Å². The Morgan fingerprint density at radius 3 is 2.63 bits per heavy atom. The molecule has 1 heterocycles. The van der Waals surface area contributed by atoms with Gasteiger partial charge >= 0.3 is 5.97 Å². The Morgan fingerprint density at radius 1 is 1.26 bits per heavy atom. The van der Waals surface area contributed by atoms with Crippen molar-refractivity contribution in [1.82, 2.24) is 4.90 Å². The fourth-order valence-corrected chi connectivity index (χ4v) is 2.80. The maximum Gasteiger partial charge on any atom is 0.335 e. The molecule has 1 unspecified atom stereocenters. The topological polar surface area (TPSA) is 40.5 Å². The molecule has 0 saturated carbocycles. The zero-order chi connectivity index (χ0) is 13.7. The van der Waals surface area contributed by atoms with Crippen molar-refractivity contribution in [3.63, 3.8) is 0 Å². The molecule has 0 aliphatic carbocycles. The highest BCUT2D eigenvalue weighted by Crippen LogP contribution is 2.21. The van der Waals surface area contributed by atoms with E-state index in [1.54, 1.807) is 12.1 Å². The average Bonchev–Trinajstić information content (AvgIpc) is 2.64.